The molecular formula is C19H20N4O4S. The van der Waals surface area contributed by atoms with E-state index in [2.05, 4.69) is 15.3 Å². The molecule has 9 heteroatoms. The lowest BCUT2D eigenvalue weighted by atomic mass is 10.2. The molecular weight excluding hydrogens is 380 g/mol. The van der Waals surface area contributed by atoms with Crippen LogP contribution in [0.15, 0.2) is 53.9 Å². The second kappa shape index (κ2) is 7.69. The molecule has 3 heterocycles. The summed E-state index contributed by atoms with van der Waals surface area (Å²) in [5.74, 6) is 0.264. The number of hydrogen-bond donors (Lipinski definition) is 1. The number of amides is 1. The fourth-order valence-corrected chi connectivity index (χ4v) is 4.91. The van der Waals surface area contributed by atoms with Gasteiger partial charge in [-0.3, -0.25) is 9.20 Å². The van der Waals surface area contributed by atoms with Gasteiger partial charge in [-0.2, -0.15) is 0 Å². The van der Waals surface area contributed by atoms with Crippen molar-refractivity contribution in [3.05, 3.63) is 60.2 Å². The lowest BCUT2D eigenvalue weighted by Gasteiger charge is -2.22. The standard InChI is InChI=1S/C19H20N4O4S/c24-18(15-12-22-19-20-7-8-23(19)13-15)21-11-14-1-3-16(4-2-14)28(25,26)17-5-9-27-10-6-17/h1-4,7-8,12-13,17H,5-6,9-11H2,(H,21,24). The zero-order valence-corrected chi connectivity index (χ0v) is 15.9. The molecule has 146 valence electrons. The average Bonchev–Trinajstić information content (AvgIpc) is 3.21. The Bertz CT molecular complexity index is 1090. The highest BCUT2D eigenvalue weighted by Crippen LogP contribution is 2.23. The third-order valence-corrected chi connectivity index (χ3v) is 7.10. The second-order valence-corrected chi connectivity index (χ2v) is 8.89. The molecule has 0 spiro atoms. The molecule has 0 atom stereocenters. The van der Waals surface area contributed by atoms with Crippen LogP contribution in [0, 0.1) is 0 Å². The van der Waals surface area contributed by atoms with E-state index in [1.165, 1.54) is 6.20 Å². The largest absolute Gasteiger partial charge is 0.381 e. The summed E-state index contributed by atoms with van der Waals surface area (Å²) in [6.07, 6.45) is 7.51. The number of ether oxygens (including phenoxy) is 1. The Labute approximate surface area is 162 Å². The molecule has 4 rings (SSSR count). The summed E-state index contributed by atoms with van der Waals surface area (Å²) in [5, 5.41) is 2.42. The molecule has 2 aromatic heterocycles. The summed E-state index contributed by atoms with van der Waals surface area (Å²) in [6, 6.07) is 6.66. The predicted molar refractivity (Wildman–Crippen MR) is 102 cm³/mol. The number of hydrogen-bond acceptors (Lipinski definition) is 6. The molecule has 1 N–H and O–H groups in total. The van der Waals surface area contributed by atoms with Gasteiger partial charge in [0, 0.05) is 44.5 Å². The van der Waals surface area contributed by atoms with Crippen LogP contribution in [-0.2, 0) is 21.1 Å². The van der Waals surface area contributed by atoms with Gasteiger partial charge in [-0.15, -0.1) is 0 Å². The monoisotopic (exact) mass is 400 g/mol. The van der Waals surface area contributed by atoms with E-state index < -0.39 is 15.1 Å². The lowest BCUT2D eigenvalue weighted by molar-refractivity contribution is 0.0950. The van der Waals surface area contributed by atoms with Gasteiger partial charge in [0.25, 0.3) is 5.91 Å². The summed E-state index contributed by atoms with van der Waals surface area (Å²) in [6.45, 7) is 1.25. The molecule has 0 aliphatic carbocycles. The number of sulfone groups is 1. The number of fused-ring (bicyclic) bond motifs is 1. The van der Waals surface area contributed by atoms with Crippen LogP contribution in [0.3, 0.4) is 0 Å². The van der Waals surface area contributed by atoms with Crippen LogP contribution in [0.2, 0.25) is 0 Å². The van der Waals surface area contributed by atoms with E-state index in [0.717, 1.165) is 5.56 Å². The Morgan fingerprint density at radius 3 is 2.68 bits per heavy atom. The molecule has 0 unspecified atom stereocenters. The van der Waals surface area contributed by atoms with Crippen molar-refractivity contribution in [1.29, 1.82) is 0 Å². The summed E-state index contributed by atoms with van der Waals surface area (Å²) in [4.78, 5) is 20.8. The van der Waals surface area contributed by atoms with Crippen molar-refractivity contribution < 1.29 is 17.9 Å². The van der Waals surface area contributed by atoms with Crippen LogP contribution in [-0.4, -0.2) is 47.2 Å². The Kier molecular flexibility index (Phi) is 5.10. The number of carbonyl (C=O) groups excluding carboxylic acids is 1. The molecule has 28 heavy (non-hydrogen) atoms. The molecule has 8 nitrogen and oxygen atoms in total. The van der Waals surface area contributed by atoms with Crippen molar-refractivity contribution >= 4 is 21.5 Å². The van der Waals surface area contributed by atoms with Crippen LogP contribution in [0.5, 0.6) is 0 Å². The van der Waals surface area contributed by atoms with E-state index in [1.54, 1.807) is 47.3 Å². The third-order valence-electron chi connectivity index (χ3n) is 4.82. The Morgan fingerprint density at radius 2 is 1.93 bits per heavy atom. The van der Waals surface area contributed by atoms with E-state index in [-0.39, 0.29) is 5.91 Å². The van der Waals surface area contributed by atoms with Crippen LogP contribution < -0.4 is 5.32 Å². The van der Waals surface area contributed by atoms with E-state index >= 15 is 0 Å². The van der Waals surface area contributed by atoms with Crippen LogP contribution in [0.25, 0.3) is 5.78 Å². The number of imidazole rings is 1. The fourth-order valence-electron chi connectivity index (χ4n) is 3.19. The van der Waals surface area contributed by atoms with Crippen molar-refractivity contribution in [1.82, 2.24) is 19.7 Å². The number of rotatable bonds is 5. The molecule has 0 bridgehead atoms. The minimum absolute atomic E-state index is 0.262. The quantitative estimate of drug-likeness (QED) is 0.698. The highest BCUT2D eigenvalue weighted by Gasteiger charge is 2.29. The highest BCUT2D eigenvalue weighted by molar-refractivity contribution is 7.92. The van der Waals surface area contributed by atoms with Gasteiger partial charge in [-0.05, 0) is 30.5 Å². The van der Waals surface area contributed by atoms with Gasteiger partial charge in [0.05, 0.1) is 15.7 Å². The van der Waals surface area contributed by atoms with Crippen molar-refractivity contribution in [3.8, 4) is 0 Å². The molecule has 1 aliphatic rings. The molecule has 1 saturated heterocycles. The number of nitrogens with one attached hydrogen (secondary N) is 1. The molecule has 1 amide bonds. The summed E-state index contributed by atoms with van der Waals surface area (Å²) in [5.41, 5.74) is 1.24. The topological polar surface area (TPSA) is 103 Å². The first-order valence-electron chi connectivity index (χ1n) is 9.01. The van der Waals surface area contributed by atoms with E-state index in [0.29, 0.717) is 48.8 Å². The lowest BCUT2D eigenvalue weighted by Crippen LogP contribution is -2.29. The SMILES string of the molecule is O=C(NCc1ccc(S(=O)(=O)C2CCOCC2)cc1)c1cnc2nccn2c1. The number of nitrogens with zero attached hydrogens (tertiary/aromatic N) is 3. The highest BCUT2D eigenvalue weighted by atomic mass is 32.2. The first kappa shape index (κ1) is 18.6. The van der Waals surface area contributed by atoms with Crippen LogP contribution >= 0.6 is 0 Å². The molecule has 1 fully saturated rings. The first-order chi connectivity index (χ1) is 13.5. The van der Waals surface area contributed by atoms with E-state index in [9.17, 15) is 13.2 Å². The minimum Gasteiger partial charge on any atom is -0.381 e. The van der Waals surface area contributed by atoms with Gasteiger partial charge in [0.1, 0.15) is 0 Å². The average molecular weight is 400 g/mol. The van der Waals surface area contributed by atoms with E-state index in [1.807, 2.05) is 0 Å². The van der Waals surface area contributed by atoms with Gasteiger partial charge in [-0.1, -0.05) is 12.1 Å². The van der Waals surface area contributed by atoms with Crippen LogP contribution in [0.4, 0.5) is 0 Å². The van der Waals surface area contributed by atoms with Gasteiger partial charge in [-0.25, -0.2) is 18.4 Å². The summed E-state index contributed by atoms with van der Waals surface area (Å²) >= 11 is 0. The third kappa shape index (κ3) is 3.76. The molecule has 0 saturated carbocycles. The molecule has 1 aromatic carbocycles. The van der Waals surface area contributed by atoms with E-state index in [4.69, 9.17) is 4.74 Å². The Hall–Kier alpha value is -2.78. The first-order valence-corrected chi connectivity index (χ1v) is 10.6. The Morgan fingerprint density at radius 1 is 1.18 bits per heavy atom. The van der Waals surface area contributed by atoms with Crippen LogP contribution in [0.1, 0.15) is 28.8 Å². The summed E-state index contributed by atoms with van der Waals surface area (Å²) in [7, 11) is -3.35. The van der Waals surface area contributed by atoms with Gasteiger partial charge in [0.2, 0.25) is 5.78 Å². The molecule has 3 aromatic rings. The maximum Gasteiger partial charge on any atom is 0.254 e. The van der Waals surface area contributed by atoms with Crippen molar-refractivity contribution in [3.63, 3.8) is 0 Å². The second-order valence-electron chi connectivity index (χ2n) is 6.66. The fraction of sp³-hybridized carbons (Fsp3) is 0.316. The van der Waals surface area contributed by atoms with Crippen molar-refractivity contribution in [2.45, 2.75) is 29.5 Å². The summed E-state index contributed by atoms with van der Waals surface area (Å²) < 4.78 is 32.3. The maximum atomic E-state index is 12.7. The van der Waals surface area contributed by atoms with Gasteiger partial charge in [0.15, 0.2) is 9.84 Å². The minimum atomic E-state index is -3.35. The number of benzene rings is 1. The molecule has 1 aliphatic heterocycles. The molecule has 0 radical (unpaired) electrons. The zero-order valence-electron chi connectivity index (χ0n) is 15.1. The van der Waals surface area contributed by atoms with Crippen molar-refractivity contribution in [2.24, 2.45) is 0 Å². The predicted octanol–water partition coefficient (Wildman–Crippen LogP) is 1.61. The number of aromatic nitrogens is 3. The normalized spacial score (nSPS) is 15.6. The smallest absolute Gasteiger partial charge is 0.254 e. The zero-order chi connectivity index (χ0) is 19.6. The van der Waals surface area contributed by atoms with Crippen molar-refractivity contribution in [2.75, 3.05) is 13.2 Å². The van der Waals surface area contributed by atoms with Gasteiger partial charge >= 0.3 is 0 Å². The number of carbonyl (C=O) groups is 1. The maximum absolute atomic E-state index is 12.7. The Balaban J connectivity index is 1.40. The van der Waals surface area contributed by atoms with Gasteiger partial charge < -0.3 is 10.1 Å².